The number of aromatic amines is 1. The largest absolute Gasteiger partial charge is 0.376 e. The average molecular weight is 484 g/mol. The summed E-state index contributed by atoms with van der Waals surface area (Å²) in [6, 6.07) is 10.8. The topological polar surface area (TPSA) is 101 Å². The van der Waals surface area contributed by atoms with Crippen LogP contribution in [-0.2, 0) is 4.79 Å². The first-order chi connectivity index (χ1) is 17.7. The number of fused-ring (bicyclic) bond motifs is 1. The van der Waals surface area contributed by atoms with Crippen molar-refractivity contribution in [3.8, 4) is 17.3 Å². The lowest BCUT2D eigenvalue weighted by molar-refractivity contribution is -0.131. The number of benzene rings is 1. The number of piperidine rings is 1. The van der Waals surface area contributed by atoms with Crippen LogP contribution in [-0.4, -0.2) is 58.5 Å². The molecule has 2 aromatic heterocycles. The molecule has 0 unspecified atom stereocenters. The van der Waals surface area contributed by atoms with Gasteiger partial charge in [-0.1, -0.05) is 25.1 Å². The number of H-pyrrole nitrogens is 1. The van der Waals surface area contributed by atoms with Crippen LogP contribution >= 0.6 is 0 Å². The fourth-order valence-electron chi connectivity index (χ4n) is 5.10. The number of aromatic nitrogens is 3. The molecule has 5 rings (SSSR count). The zero-order chi connectivity index (χ0) is 24.9. The number of allylic oxidation sites excluding steroid dienone is 1. The first-order valence-corrected chi connectivity index (χ1v) is 13.0. The quantitative estimate of drug-likeness (QED) is 0.519. The third kappa shape index (κ3) is 5.06. The number of anilines is 1. The van der Waals surface area contributed by atoms with E-state index in [-0.39, 0.29) is 18.4 Å². The van der Waals surface area contributed by atoms with E-state index >= 15 is 0 Å². The molecule has 2 N–H and O–H groups in total. The van der Waals surface area contributed by atoms with Crippen molar-refractivity contribution < 1.29 is 4.79 Å². The highest BCUT2D eigenvalue weighted by molar-refractivity contribution is 5.89. The van der Waals surface area contributed by atoms with Crippen LogP contribution in [0.4, 0.5) is 5.69 Å². The molecular weight excluding hydrogens is 450 g/mol. The van der Waals surface area contributed by atoms with E-state index < -0.39 is 0 Å². The van der Waals surface area contributed by atoms with Crippen molar-refractivity contribution in [1.29, 1.82) is 5.26 Å². The monoisotopic (exact) mass is 483 g/mol. The Bertz CT molecular complexity index is 1290. The molecule has 1 amide bonds. The Morgan fingerprint density at radius 2 is 2.06 bits per heavy atom. The lowest BCUT2D eigenvalue weighted by atomic mass is 9.98. The van der Waals surface area contributed by atoms with Gasteiger partial charge in [0, 0.05) is 60.8 Å². The Kier molecular flexibility index (Phi) is 7.17. The molecule has 0 atom stereocenters. The first-order valence-electron chi connectivity index (χ1n) is 13.0. The molecule has 1 aromatic carbocycles. The third-order valence-electron chi connectivity index (χ3n) is 7.15. The highest BCUT2D eigenvalue weighted by Crippen LogP contribution is 2.28. The van der Waals surface area contributed by atoms with E-state index in [1.54, 1.807) is 0 Å². The summed E-state index contributed by atoms with van der Waals surface area (Å²) >= 11 is 0. The van der Waals surface area contributed by atoms with Crippen LogP contribution < -0.4 is 10.2 Å². The van der Waals surface area contributed by atoms with Gasteiger partial charge in [-0.3, -0.25) is 4.79 Å². The van der Waals surface area contributed by atoms with Crippen molar-refractivity contribution in [3.63, 3.8) is 0 Å². The number of hydrogen-bond donors (Lipinski definition) is 2. The van der Waals surface area contributed by atoms with Crippen LogP contribution in [0.2, 0.25) is 0 Å². The van der Waals surface area contributed by atoms with Gasteiger partial charge < -0.3 is 20.1 Å². The summed E-state index contributed by atoms with van der Waals surface area (Å²) in [5.41, 5.74) is 6.40. The fourth-order valence-corrected chi connectivity index (χ4v) is 5.10. The van der Waals surface area contributed by atoms with Gasteiger partial charge in [0.25, 0.3) is 0 Å². The van der Waals surface area contributed by atoms with Crippen LogP contribution in [0.15, 0.2) is 42.7 Å². The van der Waals surface area contributed by atoms with E-state index in [1.807, 2.05) is 17.3 Å². The van der Waals surface area contributed by atoms with Crippen molar-refractivity contribution in [3.05, 3.63) is 48.3 Å². The lowest BCUT2D eigenvalue weighted by Crippen LogP contribution is -2.42. The second kappa shape index (κ2) is 10.8. The van der Waals surface area contributed by atoms with Crippen LogP contribution in [0.3, 0.4) is 0 Å². The number of nitrogens with one attached hydrogen (secondary N) is 2. The van der Waals surface area contributed by atoms with Gasteiger partial charge in [-0.25, -0.2) is 9.97 Å². The SMILES string of the molecule is CC/C=C(/NCC(=O)N1CCC(C#N)CC1)c1c[nH]c2ncc(-c3cccc(N4CCCC4)c3)nc12. The minimum atomic E-state index is 0.0544. The van der Waals surface area contributed by atoms with Gasteiger partial charge in [-0.2, -0.15) is 5.26 Å². The lowest BCUT2D eigenvalue weighted by Gasteiger charge is -2.29. The number of carbonyl (C=O) groups excluding carboxylic acids is 1. The van der Waals surface area contributed by atoms with E-state index in [9.17, 15) is 4.79 Å². The highest BCUT2D eigenvalue weighted by Gasteiger charge is 2.23. The molecule has 2 aliphatic rings. The number of nitriles is 1. The van der Waals surface area contributed by atoms with Gasteiger partial charge in [-0.05, 0) is 44.2 Å². The average Bonchev–Trinajstić information content (AvgIpc) is 3.61. The molecule has 4 heterocycles. The second-order valence-electron chi connectivity index (χ2n) is 9.56. The number of hydrogen-bond acceptors (Lipinski definition) is 6. The second-order valence-corrected chi connectivity index (χ2v) is 9.56. The molecule has 0 aliphatic carbocycles. The summed E-state index contributed by atoms with van der Waals surface area (Å²) in [5.74, 6) is 0.117. The zero-order valence-electron chi connectivity index (χ0n) is 20.8. The van der Waals surface area contributed by atoms with E-state index in [0.29, 0.717) is 13.1 Å². The van der Waals surface area contributed by atoms with Gasteiger partial charge in [0.05, 0.1) is 24.5 Å². The standard InChI is InChI=1S/C28H33N7O/c1-2-6-24(30-19-26(36)35-13-9-20(16-29)10-14-35)23-17-31-28-27(23)33-25(18-32-28)21-7-5-8-22(15-21)34-11-3-4-12-34/h5-8,15,17-18,20,30H,2-4,9-14,19H2,1H3,(H,31,32)/b24-6+. The number of amides is 1. The van der Waals surface area contributed by atoms with Crippen LogP contribution in [0.1, 0.15) is 44.6 Å². The fraction of sp³-hybridized carbons (Fsp3) is 0.429. The summed E-state index contributed by atoms with van der Waals surface area (Å²) in [6.07, 6.45) is 10.6. The molecule has 0 bridgehead atoms. The van der Waals surface area contributed by atoms with Gasteiger partial charge in [0.15, 0.2) is 5.65 Å². The molecular formula is C28H33N7O. The summed E-state index contributed by atoms with van der Waals surface area (Å²) in [4.78, 5) is 30.0. The van der Waals surface area contributed by atoms with Gasteiger partial charge in [0.1, 0.15) is 5.52 Å². The molecule has 186 valence electrons. The number of rotatable bonds is 7. The van der Waals surface area contributed by atoms with Crippen molar-refractivity contribution in [2.24, 2.45) is 5.92 Å². The smallest absolute Gasteiger partial charge is 0.241 e. The van der Waals surface area contributed by atoms with Gasteiger partial charge >= 0.3 is 0 Å². The minimum Gasteiger partial charge on any atom is -0.376 e. The molecule has 0 saturated carbocycles. The third-order valence-corrected chi connectivity index (χ3v) is 7.15. The molecule has 8 nitrogen and oxygen atoms in total. The molecule has 0 spiro atoms. The van der Waals surface area contributed by atoms with Gasteiger partial charge in [0.2, 0.25) is 5.91 Å². The number of nitrogens with zero attached hydrogens (tertiary/aromatic N) is 5. The molecule has 36 heavy (non-hydrogen) atoms. The van der Waals surface area contributed by atoms with Crippen molar-refractivity contribution >= 4 is 28.5 Å². The van der Waals surface area contributed by atoms with E-state index in [2.05, 4.69) is 63.5 Å². The molecule has 0 radical (unpaired) electrons. The Hall–Kier alpha value is -3.86. The Balaban J connectivity index is 1.35. The zero-order valence-corrected chi connectivity index (χ0v) is 20.8. The number of carbonyl (C=O) groups is 1. The molecule has 2 aliphatic heterocycles. The number of likely N-dealkylation sites (tertiary alicyclic amines) is 1. The Morgan fingerprint density at radius 3 is 2.81 bits per heavy atom. The highest BCUT2D eigenvalue weighted by atomic mass is 16.2. The van der Waals surface area contributed by atoms with Crippen molar-refractivity contribution in [1.82, 2.24) is 25.2 Å². The summed E-state index contributed by atoms with van der Waals surface area (Å²) < 4.78 is 0. The summed E-state index contributed by atoms with van der Waals surface area (Å²) in [5, 5.41) is 12.5. The predicted molar refractivity (Wildman–Crippen MR) is 142 cm³/mol. The van der Waals surface area contributed by atoms with Crippen molar-refractivity contribution in [2.75, 3.05) is 37.6 Å². The maximum absolute atomic E-state index is 12.8. The first kappa shape index (κ1) is 23.9. The maximum atomic E-state index is 12.8. The maximum Gasteiger partial charge on any atom is 0.241 e. The summed E-state index contributed by atoms with van der Waals surface area (Å²) in [6.45, 7) is 5.77. The Morgan fingerprint density at radius 1 is 1.25 bits per heavy atom. The molecule has 3 aromatic rings. The van der Waals surface area contributed by atoms with Gasteiger partial charge in [-0.15, -0.1) is 0 Å². The predicted octanol–water partition coefficient (Wildman–Crippen LogP) is 4.33. The van der Waals surface area contributed by atoms with Crippen molar-refractivity contribution in [2.45, 2.75) is 39.0 Å². The Labute approximate surface area is 212 Å². The molecule has 8 heteroatoms. The molecule has 2 saturated heterocycles. The van der Waals surface area contributed by atoms with E-state index in [0.717, 1.165) is 66.0 Å². The molecule has 2 fully saturated rings. The van der Waals surface area contributed by atoms with E-state index in [4.69, 9.17) is 10.2 Å². The summed E-state index contributed by atoms with van der Waals surface area (Å²) in [7, 11) is 0. The minimum absolute atomic E-state index is 0.0544. The van der Waals surface area contributed by atoms with Crippen LogP contribution in [0.25, 0.3) is 28.1 Å². The van der Waals surface area contributed by atoms with E-state index in [1.165, 1.54) is 18.5 Å². The van der Waals surface area contributed by atoms with Crippen LogP contribution in [0.5, 0.6) is 0 Å². The van der Waals surface area contributed by atoms with Crippen LogP contribution in [0, 0.1) is 17.2 Å². The normalized spacial score (nSPS) is 16.9.